The first-order chi connectivity index (χ1) is 15.2. The van der Waals surface area contributed by atoms with Crippen LogP contribution in [0.2, 0.25) is 0 Å². The van der Waals surface area contributed by atoms with Crippen LogP contribution in [0.4, 0.5) is 5.69 Å². The van der Waals surface area contributed by atoms with E-state index >= 15 is 0 Å². The van der Waals surface area contributed by atoms with E-state index in [1.165, 1.54) is 14.0 Å². The Kier molecular flexibility index (Phi) is 7.02. The van der Waals surface area contributed by atoms with E-state index in [4.69, 9.17) is 18.9 Å². The molecule has 0 aliphatic carbocycles. The second kappa shape index (κ2) is 9.56. The molecule has 1 amide bonds. The number of ether oxygens (including phenoxy) is 4. The van der Waals surface area contributed by atoms with E-state index in [0.29, 0.717) is 41.9 Å². The van der Waals surface area contributed by atoms with Gasteiger partial charge in [-0.15, -0.1) is 0 Å². The second-order valence-corrected chi connectivity index (χ2v) is 9.27. The summed E-state index contributed by atoms with van der Waals surface area (Å²) >= 11 is 0. The number of amides is 1. The summed E-state index contributed by atoms with van der Waals surface area (Å²) in [6.45, 7) is 4.14. The van der Waals surface area contributed by atoms with Gasteiger partial charge in [0.05, 0.1) is 32.2 Å². The van der Waals surface area contributed by atoms with E-state index in [9.17, 15) is 13.2 Å². The minimum Gasteiger partial charge on any atom is -0.493 e. The predicted molar refractivity (Wildman–Crippen MR) is 120 cm³/mol. The third kappa shape index (κ3) is 5.01. The lowest BCUT2D eigenvalue weighted by molar-refractivity contribution is -0.122. The summed E-state index contributed by atoms with van der Waals surface area (Å²) in [5, 5.41) is 2.87. The van der Waals surface area contributed by atoms with E-state index in [-0.39, 0.29) is 0 Å². The largest absolute Gasteiger partial charge is 0.493 e. The van der Waals surface area contributed by atoms with Gasteiger partial charge in [0, 0.05) is 6.07 Å². The molecule has 1 heterocycles. The minimum absolute atomic E-state index is 0.318. The molecule has 32 heavy (non-hydrogen) atoms. The summed E-state index contributed by atoms with van der Waals surface area (Å²) < 4.78 is 47.9. The molecule has 0 bridgehead atoms. The maximum atomic E-state index is 13.0. The van der Waals surface area contributed by atoms with Gasteiger partial charge >= 0.3 is 0 Å². The Bertz CT molecular complexity index is 1090. The monoisotopic (exact) mass is 464 g/mol. The highest BCUT2D eigenvalue weighted by molar-refractivity contribution is 7.92. The first-order valence-corrected chi connectivity index (χ1v) is 11.9. The number of rotatable bonds is 8. The molecule has 2 atom stereocenters. The van der Waals surface area contributed by atoms with Crippen molar-refractivity contribution in [3.8, 4) is 23.0 Å². The smallest absolute Gasteiger partial charge is 0.244 e. The topological polar surface area (TPSA) is 103 Å². The Morgan fingerprint density at radius 1 is 1.00 bits per heavy atom. The van der Waals surface area contributed by atoms with Crippen LogP contribution in [0.5, 0.6) is 23.0 Å². The van der Waals surface area contributed by atoms with Crippen LogP contribution in [-0.4, -0.2) is 54.1 Å². The van der Waals surface area contributed by atoms with Gasteiger partial charge in [0.25, 0.3) is 0 Å². The van der Waals surface area contributed by atoms with Gasteiger partial charge in [-0.3, -0.25) is 9.10 Å². The molecule has 10 heteroatoms. The Morgan fingerprint density at radius 2 is 1.66 bits per heavy atom. The van der Waals surface area contributed by atoms with Crippen LogP contribution < -0.4 is 28.6 Å². The van der Waals surface area contributed by atoms with Gasteiger partial charge in [-0.2, -0.15) is 0 Å². The van der Waals surface area contributed by atoms with E-state index < -0.39 is 28.0 Å². The van der Waals surface area contributed by atoms with Crippen LogP contribution in [0.15, 0.2) is 36.4 Å². The number of carbonyl (C=O) groups excluding carboxylic acids is 1. The Hall–Kier alpha value is -3.14. The molecule has 0 saturated carbocycles. The molecule has 1 N–H and O–H groups in total. The molecule has 174 valence electrons. The standard InChI is InChI=1S/C22H28N2O7S/c1-14(16-6-8-18(28-3)20(12-16)29-4)23-22(25)15(2)24(32(5,26)27)17-7-9-19-21(13-17)31-11-10-30-19/h6-9,12-15H,10-11H2,1-5H3,(H,23,25)/t14-,15-/m1/s1. The molecule has 2 aromatic carbocycles. The summed E-state index contributed by atoms with van der Waals surface area (Å²) in [4.78, 5) is 13.0. The molecule has 3 rings (SSSR count). The zero-order valence-corrected chi connectivity index (χ0v) is 19.6. The molecule has 0 saturated heterocycles. The molecular weight excluding hydrogens is 436 g/mol. The van der Waals surface area contributed by atoms with Gasteiger partial charge in [0.1, 0.15) is 19.3 Å². The maximum absolute atomic E-state index is 13.0. The number of methoxy groups -OCH3 is 2. The number of sulfonamides is 1. The van der Waals surface area contributed by atoms with E-state index in [2.05, 4.69) is 5.32 Å². The summed E-state index contributed by atoms with van der Waals surface area (Å²) in [6, 6.07) is 8.72. The van der Waals surface area contributed by atoms with Crippen molar-refractivity contribution in [3.63, 3.8) is 0 Å². The van der Waals surface area contributed by atoms with E-state index in [1.54, 1.807) is 44.4 Å². The molecule has 2 aromatic rings. The summed E-state index contributed by atoms with van der Waals surface area (Å²) in [5.74, 6) is 1.63. The Labute approximate surface area is 188 Å². The number of carbonyl (C=O) groups is 1. The van der Waals surface area contributed by atoms with Crippen molar-refractivity contribution in [2.75, 3.05) is 38.0 Å². The van der Waals surface area contributed by atoms with Crippen molar-refractivity contribution in [2.45, 2.75) is 25.9 Å². The van der Waals surface area contributed by atoms with Crippen molar-refractivity contribution in [2.24, 2.45) is 0 Å². The molecule has 0 aromatic heterocycles. The van der Waals surface area contributed by atoms with Crippen molar-refractivity contribution >= 4 is 21.6 Å². The number of hydrogen-bond acceptors (Lipinski definition) is 7. The van der Waals surface area contributed by atoms with Gasteiger partial charge in [-0.05, 0) is 43.7 Å². The quantitative estimate of drug-likeness (QED) is 0.640. The van der Waals surface area contributed by atoms with Gasteiger partial charge in [0.15, 0.2) is 23.0 Å². The van der Waals surface area contributed by atoms with Crippen LogP contribution in [-0.2, 0) is 14.8 Å². The number of nitrogens with zero attached hydrogens (tertiary/aromatic N) is 1. The fraction of sp³-hybridized carbons (Fsp3) is 0.409. The van der Waals surface area contributed by atoms with Crippen molar-refractivity contribution in [1.29, 1.82) is 0 Å². The van der Waals surface area contributed by atoms with Crippen LogP contribution >= 0.6 is 0 Å². The number of nitrogens with one attached hydrogen (secondary N) is 1. The first-order valence-electron chi connectivity index (χ1n) is 10.1. The Morgan fingerprint density at radius 3 is 2.28 bits per heavy atom. The Balaban J connectivity index is 1.83. The minimum atomic E-state index is -3.77. The average Bonchev–Trinajstić information content (AvgIpc) is 2.77. The van der Waals surface area contributed by atoms with E-state index in [1.807, 2.05) is 6.07 Å². The third-order valence-electron chi connectivity index (χ3n) is 5.14. The first kappa shape index (κ1) is 23.5. The van der Waals surface area contributed by atoms with Crippen molar-refractivity contribution in [3.05, 3.63) is 42.0 Å². The summed E-state index contributed by atoms with van der Waals surface area (Å²) in [7, 11) is -0.694. The van der Waals surface area contributed by atoms with Crippen molar-refractivity contribution < 1.29 is 32.2 Å². The van der Waals surface area contributed by atoms with Crippen LogP contribution in [0.3, 0.4) is 0 Å². The molecular formula is C22H28N2O7S. The highest BCUT2D eigenvalue weighted by Crippen LogP contribution is 2.35. The fourth-order valence-corrected chi connectivity index (χ4v) is 4.68. The molecule has 9 nitrogen and oxygen atoms in total. The summed E-state index contributed by atoms with van der Waals surface area (Å²) in [5.41, 5.74) is 1.10. The van der Waals surface area contributed by atoms with Crippen LogP contribution in [0.1, 0.15) is 25.5 Å². The second-order valence-electron chi connectivity index (χ2n) is 7.41. The number of fused-ring (bicyclic) bond motifs is 1. The summed E-state index contributed by atoms with van der Waals surface area (Å²) in [6.07, 6.45) is 1.06. The lowest BCUT2D eigenvalue weighted by atomic mass is 10.1. The highest BCUT2D eigenvalue weighted by Gasteiger charge is 2.31. The highest BCUT2D eigenvalue weighted by atomic mass is 32.2. The van der Waals surface area contributed by atoms with Crippen LogP contribution in [0, 0.1) is 0 Å². The van der Waals surface area contributed by atoms with Gasteiger partial charge < -0.3 is 24.3 Å². The normalized spacial score (nSPS) is 14.8. The number of anilines is 1. The molecule has 0 radical (unpaired) electrons. The maximum Gasteiger partial charge on any atom is 0.244 e. The van der Waals surface area contributed by atoms with Gasteiger partial charge in [0.2, 0.25) is 15.9 Å². The predicted octanol–water partition coefficient (Wildman–Crippen LogP) is 2.51. The SMILES string of the molecule is COc1ccc([C@@H](C)NC(=O)[C@@H](C)N(c2ccc3c(c2)OCCO3)S(C)(=O)=O)cc1OC. The molecule has 1 aliphatic rings. The molecule has 1 aliphatic heterocycles. The zero-order chi connectivity index (χ0) is 23.5. The number of hydrogen-bond donors (Lipinski definition) is 1. The fourth-order valence-electron chi connectivity index (χ4n) is 3.52. The third-order valence-corrected chi connectivity index (χ3v) is 6.38. The van der Waals surface area contributed by atoms with Gasteiger partial charge in [-0.25, -0.2) is 8.42 Å². The lowest BCUT2D eigenvalue weighted by Gasteiger charge is -2.30. The molecule has 0 unspecified atom stereocenters. The number of benzene rings is 2. The van der Waals surface area contributed by atoms with Crippen molar-refractivity contribution in [1.82, 2.24) is 5.32 Å². The zero-order valence-electron chi connectivity index (χ0n) is 18.7. The van der Waals surface area contributed by atoms with Gasteiger partial charge in [-0.1, -0.05) is 6.07 Å². The average molecular weight is 465 g/mol. The lowest BCUT2D eigenvalue weighted by Crippen LogP contribution is -2.48. The molecule has 0 fully saturated rings. The van der Waals surface area contributed by atoms with E-state index in [0.717, 1.165) is 16.1 Å². The molecule has 0 spiro atoms. The van der Waals surface area contributed by atoms with Crippen LogP contribution in [0.25, 0.3) is 0 Å².